The lowest BCUT2D eigenvalue weighted by Gasteiger charge is -2.06. The fraction of sp³-hybridized carbons (Fsp3) is 0.0769. The molecule has 0 N–H and O–H groups in total. The van der Waals surface area contributed by atoms with Crippen molar-refractivity contribution in [1.82, 2.24) is 4.98 Å². The number of benzene rings is 1. The van der Waals surface area contributed by atoms with E-state index in [1.807, 2.05) is 0 Å². The van der Waals surface area contributed by atoms with Gasteiger partial charge in [0.25, 0.3) is 0 Å². The Morgan fingerprint density at radius 3 is 2.72 bits per heavy atom. The molecule has 0 radical (unpaired) electrons. The lowest BCUT2D eigenvalue weighted by atomic mass is 10.0. The van der Waals surface area contributed by atoms with Crippen molar-refractivity contribution in [2.45, 2.75) is 0 Å². The first-order valence-electron chi connectivity index (χ1n) is 5.10. The highest BCUT2D eigenvalue weighted by molar-refractivity contribution is 5.91. The first-order valence-corrected chi connectivity index (χ1v) is 5.10. The van der Waals surface area contributed by atoms with Crippen molar-refractivity contribution < 1.29 is 18.3 Å². The molecule has 18 heavy (non-hydrogen) atoms. The maximum atomic E-state index is 13.5. The molecule has 2 rings (SSSR count). The van der Waals surface area contributed by atoms with Crippen LogP contribution in [0.3, 0.4) is 0 Å². The number of nitrogens with zero attached hydrogens (tertiary/aromatic N) is 1. The Morgan fingerprint density at radius 2 is 2.06 bits per heavy atom. The van der Waals surface area contributed by atoms with Crippen molar-refractivity contribution in [2.24, 2.45) is 0 Å². The van der Waals surface area contributed by atoms with Gasteiger partial charge in [-0.15, -0.1) is 0 Å². The van der Waals surface area contributed by atoms with E-state index in [4.69, 9.17) is 0 Å². The van der Waals surface area contributed by atoms with Gasteiger partial charge in [0.1, 0.15) is 11.6 Å². The number of carbonyl (C=O) groups is 1. The summed E-state index contributed by atoms with van der Waals surface area (Å²) in [4.78, 5) is 14.9. The molecule has 3 nitrogen and oxygen atoms in total. The van der Waals surface area contributed by atoms with Gasteiger partial charge in [-0.2, -0.15) is 0 Å². The molecule has 5 heteroatoms. The lowest BCUT2D eigenvalue weighted by molar-refractivity contribution is 0.0600. The molecule has 1 aromatic heterocycles. The van der Waals surface area contributed by atoms with E-state index in [2.05, 4.69) is 9.72 Å². The number of hydrogen-bond donors (Lipinski definition) is 0. The van der Waals surface area contributed by atoms with Crippen LogP contribution in [-0.2, 0) is 4.74 Å². The summed E-state index contributed by atoms with van der Waals surface area (Å²) >= 11 is 0. The van der Waals surface area contributed by atoms with E-state index in [1.54, 1.807) is 0 Å². The number of carbonyl (C=O) groups excluding carboxylic acids is 1. The summed E-state index contributed by atoms with van der Waals surface area (Å²) in [6.45, 7) is 0. The molecule has 0 aliphatic carbocycles. The molecule has 0 amide bonds. The van der Waals surface area contributed by atoms with Crippen LogP contribution in [0.25, 0.3) is 11.1 Å². The van der Waals surface area contributed by atoms with E-state index < -0.39 is 17.6 Å². The zero-order valence-electron chi connectivity index (χ0n) is 9.48. The van der Waals surface area contributed by atoms with Crippen molar-refractivity contribution >= 4 is 5.97 Å². The molecule has 0 aliphatic heterocycles. The van der Waals surface area contributed by atoms with Gasteiger partial charge >= 0.3 is 5.97 Å². The number of pyridine rings is 1. The molecule has 92 valence electrons. The topological polar surface area (TPSA) is 39.2 Å². The van der Waals surface area contributed by atoms with E-state index in [1.165, 1.54) is 25.4 Å². The van der Waals surface area contributed by atoms with Crippen LogP contribution in [0.1, 0.15) is 10.4 Å². The summed E-state index contributed by atoms with van der Waals surface area (Å²) in [5.41, 5.74) is 0.466. The van der Waals surface area contributed by atoms with E-state index >= 15 is 0 Å². The van der Waals surface area contributed by atoms with Gasteiger partial charge in [0.2, 0.25) is 0 Å². The average Bonchev–Trinajstić information content (AvgIpc) is 2.37. The highest BCUT2D eigenvalue weighted by atomic mass is 19.1. The Balaban J connectivity index is 2.55. The Kier molecular flexibility index (Phi) is 3.32. The molecular formula is C13H9F2NO2. The van der Waals surface area contributed by atoms with Crippen molar-refractivity contribution in [3.8, 4) is 11.1 Å². The third-order valence-corrected chi connectivity index (χ3v) is 2.40. The number of rotatable bonds is 2. The SMILES string of the molecule is COC(=O)c1cc(F)cc(-c2ccncc2F)c1. The van der Waals surface area contributed by atoms with Crippen LogP contribution < -0.4 is 0 Å². The first-order chi connectivity index (χ1) is 8.61. The van der Waals surface area contributed by atoms with Crippen molar-refractivity contribution in [3.05, 3.63) is 53.9 Å². The van der Waals surface area contributed by atoms with E-state index in [0.29, 0.717) is 0 Å². The molecule has 1 heterocycles. The fourth-order valence-electron chi connectivity index (χ4n) is 1.59. The number of ether oxygens (including phenoxy) is 1. The molecule has 0 bridgehead atoms. The fourth-order valence-corrected chi connectivity index (χ4v) is 1.59. The largest absolute Gasteiger partial charge is 0.465 e. The number of aromatic nitrogens is 1. The second kappa shape index (κ2) is 4.91. The minimum Gasteiger partial charge on any atom is -0.465 e. The maximum Gasteiger partial charge on any atom is 0.337 e. The summed E-state index contributed by atoms with van der Waals surface area (Å²) in [5, 5.41) is 0. The third kappa shape index (κ3) is 2.34. The molecular weight excluding hydrogens is 240 g/mol. The third-order valence-electron chi connectivity index (χ3n) is 2.40. The quantitative estimate of drug-likeness (QED) is 0.768. The van der Waals surface area contributed by atoms with Gasteiger partial charge in [0.15, 0.2) is 0 Å². The Hall–Kier alpha value is -2.30. The average molecular weight is 249 g/mol. The van der Waals surface area contributed by atoms with Crippen LogP contribution in [0.15, 0.2) is 36.7 Å². The van der Waals surface area contributed by atoms with Crippen LogP contribution in [-0.4, -0.2) is 18.1 Å². The van der Waals surface area contributed by atoms with Gasteiger partial charge in [-0.3, -0.25) is 4.98 Å². The molecule has 0 saturated carbocycles. The van der Waals surface area contributed by atoms with Crippen molar-refractivity contribution in [3.63, 3.8) is 0 Å². The molecule has 0 spiro atoms. The summed E-state index contributed by atoms with van der Waals surface area (Å²) in [7, 11) is 1.19. The molecule has 0 aliphatic rings. The monoisotopic (exact) mass is 249 g/mol. The predicted octanol–water partition coefficient (Wildman–Crippen LogP) is 2.81. The Labute approximate surface area is 102 Å². The van der Waals surface area contributed by atoms with Crippen LogP contribution in [0, 0.1) is 11.6 Å². The van der Waals surface area contributed by atoms with Crippen LogP contribution in [0.4, 0.5) is 8.78 Å². The van der Waals surface area contributed by atoms with Crippen LogP contribution in [0.2, 0.25) is 0 Å². The second-order valence-corrected chi connectivity index (χ2v) is 3.58. The Bertz CT molecular complexity index is 599. The minimum absolute atomic E-state index is 0.0312. The Morgan fingerprint density at radius 1 is 1.28 bits per heavy atom. The van der Waals surface area contributed by atoms with E-state index in [0.717, 1.165) is 18.3 Å². The minimum atomic E-state index is -0.676. The maximum absolute atomic E-state index is 13.5. The van der Waals surface area contributed by atoms with Gasteiger partial charge in [0.05, 0.1) is 18.9 Å². The van der Waals surface area contributed by atoms with E-state index in [9.17, 15) is 13.6 Å². The van der Waals surface area contributed by atoms with Gasteiger partial charge < -0.3 is 4.74 Å². The first kappa shape index (κ1) is 12.2. The summed E-state index contributed by atoms with van der Waals surface area (Å²) in [6.07, 6.45) is 2.42. The van der Waals surface area contributed by atoms with Gasteiger partial charge in [0, 0.05) is 11.8 Å². The zero-order valence-corrected chi connectivity index (χ0v) is 9.48. The molecule has 1 aromatic carbocycles. The predicted molar refractivity (Wildman–Crippen MR) is 60.9 cm³/mol. The summed E-state index contributed by atoms with van der Waals surface area (Å²) in [6, 6.07) is 4.96. The van der Waals surface area contributed by atoms with Gasteiger partial charge in [-0.25, -0.2) is 13.6 Å². The zero-order chi connectivity index (χ0) is 13.1. The number of esters is 1. The molecule has 0 fully saturated rings. The van der Waals surface area contributed by atoms with Crippen molar-refractivity contribution in [1.29, 1.82) is 0 Å². The van der Waals surface area contributed by atoms with E-state index in [-0.39, 0.29) is 16.7 Å². The van der Waals surface area contributed by atoms with Crippen LogP contribution in [0.5, 0.6) is 0 Å². The number of hydrogen-bond acceptors (Lipinski definition) is 3. The number of halogens is 2. The standard InChI is InChI=1S/C13H9F2NO2/c1-18-13(17)9-4-8(5-10(14)6-9)11-2-3-16-7-12(11)15/h2-7H,1H3. The second-order valence-electron chi connectivity index (χ2n) is 3.58. The highest BCUT2D eigenvalue weighted by Crippen LogP contribution is 2.24. The highest BCUT2D eigenvalue weighted by Gasteiger charge is 2.12. The van der Waals surface area contributed by atoms with Crippen molar-refractivity contribution in [2.75, 3.05) is 7.11 Å². The lowest BCUT2D eigenvalue weighted by Crippen LogP contribution is -2.02. The summed E-state index contributed by atoms with van der Waals surface area (Å²) < 4.78 is 31.4. The number of methoxy groups -OCH3 is 1. The smallest absolute Gasteiger partial charge is 0.337 e. The van der Waals surface area contributed by atoms with Crippen LogP contribution >= 0.6 is 0 Å². The summed E-state index contributed by atoms with van der Waals surface area (Å²) in [5.74, 6) is -1.90. The molecule has 0 atom stereocenters. The molecule has 0 saturated heterocycles. The normalized spacial score (nSPS) is 10.2. The van der Waals surface area contributed by atoms with Gasteiger partial charge in [-0.05, 0) is 29.8 Å². The van der Waals surface area contributed by atoms with Gasteiger partial charge in [-0.1, -0.05) is 0 Å². The molecule has 2 aromatic rings. The molecule has 0 unspecified atom stereocenters.